The second kappa shape index (κ2) is 18.8. The van der Waals surface area contributed by atoms with Crippen molar-refractivity contribution in [2.75, 3.05) is 33.7 Å². The van der Waals surface area contributed by atoms with Gasteiger partial charge in [0, 0.05) is 24.5 Å². The van der Waals surface area contributed by atoms with Gasteiger partial charge in [-0.2, -0.15) is 0 Å². The molecule has 0 N–H and O–H groups in total. The Labute approximate surface area is 264 Å². The van der Waals surface area contributed by atoms with Crippen molar-refractivity contribution in [3.63, 3.8) is 0 Å². The first-order valence-electron chi connectivity index (χ1n) is 18.4. The largest absolute Gasteiger partial charge is 0.289 e. The van der Waals surface area contributed by atoms with Gasteiger partial charge in [0.1, 0.15) is 18.1 Å². The van der Waals surface area contributed by atoms with Crippen LogP contribution in [0.15, 0.2) is 12.7 Å². The number of likely N-dealkylation sites (N-methyl/N-ethyl adjacent to an activating group) is 2. The van der Waals surface area contributed by atoms with Crippen molar-refractivity contribution in [3.05, 3.63) is 12.7 Å². The Morgan fingerprint density at radius 3 is 2.10 bits per heavy atom. The molecule has 0 aromatic carbocycles. The van der Waals surface area contributed by atoms with Crippen molar-refractivity contribution < 1.29 is 4.58 Å². The molecule has 4 heteroatoms. The predicted molar refractivity (Wildman–Crippen MR) is 187 cm³/mol. The van der Waals surface area contributed by atoms with E-state index in [1.54, 1.807) is 0 Å². The average Bonchev–Trinajstić information content (AvgIpc) is 3.53. The summed E-state index contributed by atoms with van der Waals surface area (Å²) in [6, 6.07) is 0.678. The molecule has 0 radical (unpaired) electrons. The van der Waals surface area contributed by atoms with E-state index >= 15 is 0 Å². The summed E-state index contributed by atoms with van der Waals surface area (Å²) < 4.78 is 2.58. The van der Waals surface area contributed by atoms with Gasteiger partial charge in [0.05, 0.1) is 13.2 Å². The molecule has 0 spiro atoms. The van der Waals surface area contributed by atoms with E-state index in [1.165, 1.54) is 129 Å². The highest BCUT2D eigenvalue weighted by atomic mass is 15.4. The summed E-state index contributed by atoms with van der Waals surface area (Å²) in [6.45, 7) is 24.7. The van der Waals surface area contributed by atoms with Crippen LogP contribution in [0.1, 0.15) is 158 Å². The van der Waals surface area contributed by atoms with E-state index in [0.29, 0.717) is 12.2 Å². The lowest BCUT2D eigenvalue weighted by molar-refractivity contribution is -0.532. The highest BCUT2D eigenvalue weighted by Gasteiger charge is 2.44. The highest BCUT2D eigenvalue weighted by molar-refractivity contribution is 5.52. The Balaban J connectivity index is 1.98. The third-order valence-electron chi connectivity index (χ3n) is 11.0. The molecule has 0 aromatic rings. The van der Waals surface area contributed by atoms with E-state index < -0.39 is 0 Å². The maximum absolute atomic E-state index is 3.91. The van der Waals surface area contributed by atoms with Crippen molar-refractivity contribution in [2.45, 2.75) is 181 Å². The zero-order valence-corrected chi connectivity index (χ0v) is 30.1. The van der Waals surface area contributed by atoms with Gasteiger partial charge in [0.2, 0.25) is 6.34 Å². The van der Waals surface area contributed by atoms with Crippen LogP contribution in [0, 0.1) is 11.8 Å². The van der Waals surface area contributed by atoms with Gasteiger partial charge in [0.25, 0.3) is 0 Å². The summed E-state index contributed by atoms with van der Waals surface area (Å²) in [7, 11) is 4.73. The second-order valence-corrected chi connectivity index (χ2v) is 15.4. The number of rotatable bonds is 23. The Hall–Kier alpha value is -0.870. The minimum atomic E-state index is 0.204. The van der Waals surface area contributed by atoms with Gasteiger partial charge in [-0.25, -0.2) is 0 Å². The number of hydrogen-bond acceptors (Lipinski definition) is 3. The fourth-order valence-electron chi connectivity index (χ4n) is 8.19. The zero-order chi connectivity index (χ0) is 31.2. The smallest absolute Gasteiger partial charge is 0.234 e. The van der Waals surface area contributed by atoms with Gasteiger partial charge >= 0.3 is 0 Å². The molecule has 4 nitrogen and oxygen atoms in total. The lowest BCUT2D eigenvalue weighted by Gasteiger charge is -2.44. The first kappa shape index (κ1) is 37.3. The van der Waals surface area contributed by atoms with Crippen LogP contribution in [-0.4, -0.2) is 82.6 Å². The van der Waals surface area contributed by atoms with Crippen molar-refractivity contribution >= 4 is 6.34 Å². The zero-order valence-electron chi connectivity index (χ0n) is 30.1. The summed E-state index contributed by atoms with van der Waals surface area (Å²) in [4.78, 5) is 8.30. The third-order valence-corrected chi connectivity index (χ3v) is 11.0. The van der Waals surface area contributed by atoms with E-state index in [9.17, 15) is 0 Å². The second-order valence-electron chi connectivity index (χ2n) is 15.4. The number of hydrogen-bond donors (Lipinski definition) is 0. The third kappa shape index (κ3) is 11.2. The first-order chi connectivity index (χ1) is 20.0. The normalized spacial score (nSPS) is 22.1. The molecule has 4 unspecified atom stereocenters. The molecule has 2 heterocycles. The van der Waals surface area contributed by atoms with Gasteiger partial charge in [-0.1, -0.05) is 78.2 Å². The van der Waals surface area contributed by atoms with Crippen molar-refractivity contribution in [2.24, 2.45) is 11.8 Å². The van der Waals surface area contributed by atoms with Gasteiger partial charge in [-0.15, -0.1) is 6.58 Å². The fraction of sp³-hybridized carbons (Fsp3) is 0.921. The topological polar surface area (TPSA) is 12.7 Å². The summed E-state index contributed by atoms with van der Waals surface area (Å²) >= 11 is 0. The molecule has 42 heavy (non-hydrogen) atoms. The minimum absolute atomic E-state index is 0.204. The number of unbranched alkanes of at least 4 members (excludes halogenated alkanes) is 6. The van der Waals surface area contributed by atoms with E-state index in [1.807, 2.05) is 0 Å². The van der Waals surface area contributed by atoms with Crippen LogP contribution >= 0.6 is 0 Å². The molecule has 2 rings (SSSR count). The molecule has 0 amide bonds. The standard InChI is InChI=1S/C38H75N4/c1-11-15-18-19-21-26-34(23-14-4)36-39(9)29-30-42(36)38(7,8)28-22-27-37(5,6)41-31-35(40(10)32-41)33(24-17-13-3)25-20-16-12-2/h11,32-36H,1,12-31H2,2-10H3/q+1. The summed E-state index contributed by atoms with van der Waals surface area (Å²) in [5.41, 5.74) is 0.439. The fourth-order valence-corrected chi connectivity index (χ4v) is 8.19. The summed E-state index contributed by atoms with van der Waals surface area (Å²) in [5, 5.41) is 0. The first-order valence-corrected chi connectivity index (χ1v) is 18.4. The monoisotopic (exact) mass is 588 g/mol. The van der Waals surface area contributed by atoms with E-state index in [-0.39, 0.29) is 11.1 Å². The average molecular weight is 588 g/mol. The molecule has 0 aliphatic carbocycles. The van der Waals surface area contributed by atoms with Crippen LogP contribution in [0.4, 0.5) is 0 Å². The molecule has 1 fully saturated rings. The Morgan fingerprint density at radius 1 is 0.786 bits per heavy atom. The van der Waals surface area contributed by atoms with Crippen LogP contribution in [0.3, 0.4) is 0 Å². The van der Waals surface area contributed by atoms with Crippen LogP contribution in [-0.2, 0) is 0 Å². The van der Waals surface area contributed by atoms with E-state index in [0.717, 1.165) is 11.8 Å². The maximum Gasteiger partial charge on any atom is 0.234 e. The van der Waals surface area contributed by atoms with Crippen LogP contribution in [0.2, 0.25) is 0 Å². The molecular weight excluding hydrogens is 512 g/mol. The molecule has 1 saturated heterocycles. The molecule has 246 valence electrons. The molecule has 0 bridgehead atoms. The minimum Gasteiger partial charge on any atom is -0.289 e. The lowest BCUT2D eigenvalue weighted by atomic mass is 9.85. The van der Waals surface area contributed by atoms with Gasteiger partial charge in [-0.05, 0) is 98.4 Å². The highest BCUT2D eigenvalue weighted by Crippen LogP contribution is 2.37. The maximum atomic E-state index is 3.91. The molecule has 2 aliphatic heterocycles. The molecule has 0 saturated carbocycles. The summed E-state index contributed by atoms with van der Waals surface area (Å²) in [5.74, 6) is 1.62. The van der Waals surface area contributed by atoms with Gasteiger partial charge < -0.3 is 0 Å². The van der Waals surface area contributed by atoms with E-state index in [4.69, 9.17) is 0 Å². The predicted octanol–water partition coefficient (Wildman–Crippen LogP) is 9.58. The number of allylic oxidation sites excluding steroid dienone is 1. The Bertz CT molecular complexity index is 771. The van der Waals surface area contributed by atoms with Crippen LogP contribution in [0.5, 0.6) is 0 Å². The number of nitrogens with zero attached hydrogens (tertiary/aromatic N) is 4. The molecular formula is C38H75N4+. The van der Waals surface area contributed by atoms with E-state index in [2.05, 4.69) is 101 Å². The van der Waals surface area contributed by atoms with Crippen LogP contribution < -0.4 is 0 Å². The van der Waals surface area contributed by atoms with Gasteiger partial charge in [0.15, 0.2) is 0 Å². The Morgan fingerprint density at radius 2 is 1.43 bits per heavy atom. The van der Waals surface area contributed by atoms with Crippen molar-refractivity contribution in [1.82, 2.24) is 14.7 Å². The molecule has 0 aromatic heterocycles. The van der Waals surface area contributed by atoms with Crippen molar-refractivity contribution in [3.8, 4) is 0 Å². The quantitative estimate of drug-likeness (QED) is 0.0671. The molecule has 2 aliphatic rings. The van der Waals surface area contributed by atoms with Gasteiger partial charge in [-0.3, -0.25) is 19.3 Å². The van der Waals surface area contributed by atoms with Crippen LogP contribution in [0.25, 0.3) is 0 Å². The Kier molecular flexibility index (Phi) is 16.7. The van der Waals surface area contributed by atoms with Crippen molar-refractivity contribution in [1.29, 1.82) is 0 Å². The lowest BCUT2D eigenvalue weighted by Crippen LogP contribution is -2.53. The summed E-state index contributed by atoms with van der Waals surface area (Å²) in [6.07, 6.45) is 27.8. The SMILES string of the molecule is C=CCCCCCC(CCC)C1N(C)CCN1C(C)(C)CCCC(C)(C)N1C=[N+](C)C(C(CCCC)CCCCC)C1. The molecule has 4 atom stereocenters.